The quantitative estimate of drug-likeness (QED) is 0.887. The summed E-state index contributed by atoms with van der Waals surface area (Å²) in [6.07, 6.45) is 1.15. The van der Waals surface area contributed by atoms with Crippen molar-refractivity contribution in [3.05, 3.63) is 29.8 Å². The van der Waals surface area contributed by atoms with E-state index in [9.17, 15) is 8.42 Å². The third-order valence-electron chi connectivity index (χ3n) is 2.89. The summed E-state index contributed by atoms with van der Waals surface area (Å²) in [5.41, 5.74) is 1.78. The second-order valence-corrected chi connectivity index (χ2v) is 6.33. The van der Waals surface area contributed by atoms with E-state index in [2.05, 4.69) is 20.2 Å². The number of benzene rings is 1. The number of nitrogens with zero attached hydrogens (tertiary/aromatic N) is 4. The van der Waals surface area contributed by atoms with Gasteiger partial charge in [0, 0.05) is 18.2 Å². The summed E-state index contributed by atoms with van der Waals surface area (Å²) < 4.78 is 26.7. The zero-order chi connectivity index (χ0) is 14.8. The summed E-state index contributed by atoms with van der Waals surface area (Å²) >= 11 is 0. The largest absolute Gasteiger partial charge is 0.226 e. The molecule has 20 heavy (non-hydrogen) atoms. The van der Waals surface area contributed by atoms with Gasteiger partial charge in [-0.25, -0.2) is 17.8 Å². The number of tetrazole rings is 1. The number of hydrogen-bond acceptors (Lipinski definition) is 5. The summed E-state index contributed by atoms with van der Waals surface area (Å²) in [5.74, 6) is 0.697. The molecule has 1 heterocycles. The van der Waals surface area contributed by atoms with Gasteiger partial charge in [-0.15, -0.1) is 5.10 Å². The fourth-order valence-corrected chi connectivity index (χ4v) is 2.71. The van der Waals surface area contributed by atoms with Crippen LogP contribution in [0.1, 0.15) is 25.5 Å². The van der Waals surface area contributed by atoms with Crippen LogP contribution in [0.15, 0.2) is 24.3 Å². The van der Waals surface area contributed by atoms with Crippen molar-refractivity contribution < 1.29 is 8.42 Å². The van der Waals surface area contributed by atoms with Gasteiger partial charge in [0.25, 0.3) is 0 Å². The molecule has 0 fully saturated rings. The van der Waals surface area contributed by atoms with Crippen LogP contribution in [0, 0.1) is 0 Å². The Kier molecular flexibility index (Phi) is 4.15. The molecular weight excluding hydrogens is 278 g/mol. The molecule has 0 aliphatic carbocycles. The van der Waals surface area contributed by atoms with Crippen LogP contribution in [0.25, 0.3) is 11.4 Å². The first-order chi connectivity index (χ1) is 9.40. The van der Waals surface area contributed by atoms with E-state index in [1.807, 2.05) is 31.2 Å². The molecule has 0 saturated heterocycles. The van der Waals surface area contributed by atoms with E-state index in [4.69, 9.17) is 0 Å². The van der Waals surface area contributed by atoms with Crippen LogP contribution < -0.4 is 4.72 Å². The van der Waals surface area contributed by atoms with Crippen molar-refractivity contribution in [2.75, 3.05) is 6.26 Å². The second kappa shape index (κ2) is 5.68. The van der Waals surface area contributed by atoms with Crippen molar-refractivity contribution in [1.29, 1.82) is 0 Å². The molecule has 0 unspecified atom stereocenters. The van der Waals surface area contributed by atoms with Crippen molar-refractivity contribution in [3.63, 3.8) is 0 Å². The van der Waals surface area contributed by atoms with Crippen molar-refractivity contribution in [3.8, 4) is 11.4 Å². The van der Waals surface area contributed by atoms with E-state index in [-0.39, 0.29) is 6.04 Å². The fraction of sp³-hybridized carbons (Fsp3) is 0.417. The zero-order valence-corrected chi connectivity index (χ0v) is 12.4. The summed E-state index contributed by atoms with van der Waals surface area (Å²) in [7, 11) is -3.22. The maximum Gasteiger partial charge on any atom is 0.209 e. The van der Waals surface area contributed by atoms with Gasteiger partial charge in [-0.2, -0.15) is 0 Å². The molecule has 1 aromatic heterocycles. The molecular formula is C12H17N5O2S. The molecule has 2 rings (SSSR count). The Morgan fingerprint density at radius 2 is 1.95 bits per heavy atom. The molecule has 108 valence electrons. The van der Waals surface area contributed by atoms with E-state index in [0.717, 1.165) is 17.4 Å². The molecule has 1 atom stereocenters. The molecule has 0 amide bonds. The van der Waals surface area contributed by atoms with Crippen molar-refractivity contribution in [2.24, 2.45) is 0 Å². The minimum absolute atomic E-state index is 0.277. The Labute approximate surface area is 118 Å². The molecule has 0 saturated carbocycles. The van der Waals surface area contributed by atoms with Gasteiger partial charge in [-0.3, -0.25) is 0 Å². The Morgan fingerprint density at radius 3 is 2.50 bits per heavy atom. The van der Waals surface area contributed by atoms with Gasteiger partial charge in [-0.05, 0) is 29.8 Å². The first kappa shape index (κ1) is 14.6. The van der Waals surface area contributed by atoms with Crippen LogP contribution in [0.3, 0.4) is 0 Å². The van der Waals surface area contributed by atoms with Gasteiger partial charge >= 0.3 is 0 Å². The van der Waals surface area contributed by atoms with Crippen LogP contribution in [-0.2, 0) is 16.6 Å². The molecule has 0 bridgehead atoms. The highest BCUT2D eigenvalue weighted by Crippen LogP contribution is 2.20. The Balaban J connectivity index is 2.22. The molecule has 1 aromatic carbocycles. The van der Waals surface area contributed by atoms with Crippen LogP contribution in [0.4, 0.5) is 0 Å². The molecule has 8 heteroatoms. The Morgan fingerprint density at radius 1 is 1.30 bits per heavy atom. The highest BCUT2D eigenvalue weighted by molar-refractivity contribution is 7.88. The number of nitrogens with one attached hydrogen (secondary N) is 1. The fourth-order valence-electron chi connectivity index (χ4n) is 1.93. The van der Waals surface area contributed by atoms with Crippen LogP contribution in [0.2, 0.25) is 0 Å². The zero-order valence-electron chi connectivity index (χ0n) is 11.6. The van der Waals surface area contributed by atoms with Gasteiger partial charge < -0.3 is 0 Å². The van der Waals surface area contributed by atoms with Gasteiger partial charge in [-0.1, -0.05) is 24.3 Å². The predicted molar refractivity (Wildman–Crippen MR) is 75.3 cm³/mol. The normalized spacial score (nSPS) is 13.3. The van der Waals surface area contributed by atoms with Crippen molar-refractivity contribution in [2.45, 2.75) is 26.4 Å². The highest BCUT2D eigenvalue weighted by Gasteiger charge is 2.12. The molecule has 0 radical (unpaired) electrons. The summed E-state index contributed by atoms with van der Waals surface area (Å²) in [6, 6.07) is 7.22. The molecule has 2 aromatic rings. The Bertz CT molecular complexity index is 678. The maximum absolute atomic E-state index is 11.2. The number of aryl methyl sites for hydroxylation is 1. The first-order valence-electron chi connectivity index (χ1n) is 6.24. The minimum atomic E-state index is -3.22. The van der Waals surface area contributed by atoms with Gasteiger partial charge in [0.1, 0.15) is 0 Å². The Hall–Kier alpha value is -1.80. The van der Waals surface area contributed by atoms with Gasteiger partial charge in [0.05, 0.1) is 6.26 Å². The van der Waals surface area contributed by atoms with Crippen LogP contribution >= 0.6 is 0 Å². The monoisotopic (exact) mass is 295 g/mol. The topological polar surface area (TPSA) is 89.8 Å². The lowest BCUT2D eigenvalue weighted by molar-refractivity contribution is 0.573. The molecule has 0 aliphatic heterocycles. The first-order valence-corrected chi connectivity index (χ1v) is 8.13. The SMILES string of the molecule is CCn1nnnc1-c1ccc([C@H](C)NS(C)(=O)=O)cc1. The van der Waals surface area contributed by atoms with Gasteiger partial charge in [0.2, 0.25) is 10.0 Å². The van der Waals surface area contributed by atoms with E-state index in [1.54, 1.807) is 11.6 Å². The molecule has 1 N–H and O–H groups in total. The molecule has 7 nitrogen and oxygen atoms in total. The third kappa shape index (κ3) is 3.40. The van der Waals surface area contributed by atoms with Crippen LogP contribution in [-0.4, -0.2) is 34.9 Å². The van der Waals surface area contributed by atoms with Crippen molar-refractivity contribution >= 4 is 10.0 Å². The summed E-state index contributed by atoms with van der Waals surface area (Å²) in [4.78, 5) is 0. The second-order valence-electron chi connectivity index (χ2n) is 4.55. The number of rotatable bonds is 5. The lowest BCUT2D eigenvalue weighted by atomic mass is 10.1. The minimum Gasteiger partial charge on any atom is -0.226 e. The van der Waals surface area contributed by atoms with E-state index < -0.39 is 10.0 Å². The lowest BCUT2D eigenvalue weighted by Gasteiger charge is -2.12. The van der Waals surface area contributed by atoms with E-state index in [1.165, 1.54) is 0 Å². The predicted octanol–water partition coefficient (Wildman–Crippen LogP) is 0.970. The average Bonchev–Trinajstić information content (AvgIpc) is 2.85. The molecule has 0 aliphatic rings. The summed E-state index contributed by atoms with van der Waals surface area (Å²) in [6.45, 7) is 4.45. The smallest absolute Gasteiger partial charge is 0.209 e. The number of hydrogen-bond donors (Lipinski definition) is 1. The highest BCUT2D eigenvalue weighted by atomic mass is 32.2. The number of sulfonamides is 1. The third-order valence-corrected chi connectivity index (χ3v) is 3.67. The van der Waals surface area contributed by atoms with Crippen molar-refractivity contribution in [1.82, 2.24) is 24.9 Å². The lowest BCUT2D eigenvalue weighted by Crippen LogP contribution is -2.25. The van der Waals surface area contributed by atoms with Crippen LogP contribution in [0.5, 0.6) is 0 Å². The van der Waals surface area contributed by atoms with E-state index >= 15 is 0 Å². The maximum atomic E-state index is 11.2. The van der Waals surface area contributed by atoms with Gasteiger partial charge in [0.15, 0.2) is 5.82 Å². The average molecular weight is 295 g/mol. The standard InChI is InChI=1S/C12H17N5O2S/c1-4-17-12(13-15-16-17)11-7-5-10(6-8-11)9(2)14-20(3,18)19/h5-9,14H,4H2,1-3H3/t9-/m0/s1. The molecule has 0 spiro atoms. The van der Waals surface area contributed by atoms with E-state index in [0.29, 0.717) is 12.4 Å². The number of aromatic nitrogens is 4. The summed E-state index contributed by atoms with van der Waals surface area (Å²) in [5, 5.41) is 11.5.